The maximum Gasteiger partial charge on any atom is 0.254 e. The highest BCUT2D eigenvalue weighted by molar-refractivity contribution is 5.93. The Morgan fingerprint density at radius 2 is 2.33 bits per heavy atom. The van der Waals surface area contributed by atoms with Gasteiger partial charge in [-0.2, -0.15) is 0 Å². The molecular weight excluding hydrogens is 190 g/mol. The maximum atomic E-state index is 11.6. The van der Waals surface area contributed by atoms with Crippen molar-refractivity contribution in [2.75, 3.05) is 0 Å². The third-order valence-electron chi connectivity index (χ3n) is 3.15. The lowest BCUT2D eigenvalue weighted by molar-refractivity contribution is -0.130. The third kappa shape index (κ3) is 1.30. The Morgan fingerprint density at radius 3 is 3.13 bits per heavy atom. The zero-order valence-corrected chi connectivity index (χ0v) is 8.43. The summed E-state index contributed by atoms with van der Waals surface area (Å²) in [7, 11) is 0. The minimum absolute atomic E-state index is 0.0442. The molecule has 0 bridgehead atoms. The van der Waals surface area contributed by atoms with Crippen LogP contribution in [0.2, 0.25) is 0 Å². The van der Waals surface area contributed by atoms with E-state index in [1.165, 1.54) is 6.42 Å². The van der Waals surface area contributed by atoms with E-state index < -0.39 is 0 Å². The van der Waals surface area contributed by atoms with Crippen molar-refractivity contribution in [2.24, 2.45) is 5.92 Å². The normalized spacial score (nSPS) is 32.9. The summed E-state index contributed by atoms with van der Waals surface area (Å²) in [5.41, 5.74) is 0.893. The number of carbonyl (C=O) groups is 1. The second-order valence-electron chi connectivity index (χ2n) is 4.13. The molecule has 3 heteroatoms. The van der Waals surface area contributed by atoms with Crippen LogP contribution in [0.4, 0.5) is 0 Å². The van der Waals surface area contributed by atoms with Gasteiger partial charge in [0.1, 0.15) is 6.26 Å². The van der Waals surface area contributed by atoms with Gasteiger partial charge in [-0.15, -0.1) is 0 Å². The van der Waals surface area contributed by atoms with E-state index in [-0.39, 0.29) is 12.1 Å². The number of carbonyl (C=O) groups excluding carboxylic acids is 1. The monoisotopic (exact) mass is 203 g/mol. The lowest BCUT2D eigenvalue weighted by Gasteiger charge is -2.28. The number of fused-ring (bicyclic) bond motifs is 1. The van der Waals surface area contributed by atoms with Gasteiger partial charge in [0.25, 0.3) is 5.91 Å². The Morgan fingerprint density at radius 1 is 1.40 bits per heavy atom. The molecule has 0 radical (unpaired) electrons. The topological polar surface area (TPSA) is 29.5 Å². The Balaban J connectivity index is 1.82. The van der Waals surface area contributed by atoms with Crippen molar-refractivity contribution in [3.05, 3.63) is 36.3 Å². The van der Waals surface area contributed by atoms with E-state index >= 15 is 0 Å². The van der Waals surface area contributed by atoms with Crippen molar-refractivity contribution in [1.29, 1.82) is 0 Å². The molecule has 0 fully saturated rings. The van der Waals surface area contributed by atoms with Crippen LogP contribution in [0.3, 0.4) is 0 Å². The summed E-state index contributed by atoms with van der Waals surface area (Å²) in [6.07, 6.45) is 12.8. The van der Waals surface area contributed by atoms with E-state index in [2.05, 4.69) is 12.2 Å². The summed E-state index contributed by atoms with van der Waals surface area (Å²) in [4.78, 5) is 13.4. The average Bonchev–Trinajstić information content (AvgIpc) is 2.84. The number of amides is 1. The van der Waals surface area contributed by atoms with Gasteiger partial charge in [-0.3, -0.25) is 9.69 Å². The zero-order chi connectivity index (χ0) is 10.3. The van der Waals surface area contributed by atoms with E-state index in [9.17, 15) is 4.79 Å². The van der Waals surface area contributed by atoms with Gasteiger partial charge in [0, 0.05) is 12.0 Å². The largest absolute Gasteiger partial charge is 0.475 e. The molecule has 0 spiro atoms. The Labute approximate surface area is 88.7 Å². The predicted molar refractivity (Wildman–Crippen MR) is 55.4 cm³/mol. The van der Waals surface area contributed by atoms with E-state index in [0.717, 1.165) is 18.5 Å². The van der Waals surface area contributed by atoms with Crippen molar-refractivity contribution < 1.29 is 9.53 Å². The molecule has 2 heterocycles. The highest BCUT2D eigenvalue weighted by Crippen LogP contribution is 2.33. The van der Waals surface area contributed by atoms with Crippen LogP contribution in [0.1, 0.15) is 19.3 Å². The van der Waals surface area contributed by atoms with E-state index in [4.69, 9.17) is 4.74 Å². The van der Waals surface area contributed by atoms with Crippen LogP contribution in [0, 0.1) is 5.92 Å². The molecule has 0 N–H and O–H groups in total. The predicted octanol–water partition coefficient (Wildman–Crippen LogP) is 1.94. The van der Waals surface area contributed by atoms with Gasteiger partial charge in [-0.1, -0.05) is 12.2 Å². The van der Waals surface area contributed by atoms with Gasteiger partial charge in [0.2, 0.25) is 0 Å². The number of allylic oxidation sites excluding steroid dienone is 2. The molecule has 78 valence electrons. The van der Waals surface area contributed by atoms with Crippen molar-refractivity contribution >= 4 is 5.91 Å². The number of hydrogen-bond acceptors (Lipinski definition) is 2. The van der Waals surface area contributed by atoms with Crippen LogP contribution >= 0.6 is 0 Å². The number of hydrogen-bond donors (Lipinski definition) is 0. The fraction of sp³-hybridized carbons (Fsp3) is 0.417. The smallest absolute Gasteiger partial charge is 0.254 e. The standard InChI is InChI=1S/C12H13NO2/c14-11-7-6-10-8-15-12(13(10)11)9-4-2-1-3-5-9/h2,4,6-9,12H,1,3,5H2/t9?,12-/m1/s1. The van der Waals surface area contributed by atoms with Crippen LogP contribution in [0.15, 0.2) is 36.3 Å². The highest BCUT2D eigenvalue weighted by atomic mass is 16.5. The Hall–Kier alpha value is -1.51. The van der Waals surface area contributed by atoms with Crippen LogP contribution in [0.5, 0.6) is 0 Å². The molecule has 0 aromatic heterocycles. The molecule has 3 nitrogen and oxygen atoms in total. The van der Waals surface area contributed by atoms with Crippen molar-refractivity contribution in [3.63, 3.8) is 0 Å². The summed E-state index contributed by atoms with van der Waals surface area (Å²) in [6, 6.07) is 0. The molecule has 3 aliphatic rings. The highest BCUT2D eigenvalue weighted by Gasteiger charge is 2.38. The van der Waals surface area contributed by atoms with Crippen molar-refractivity contribution in [2.45, 2.75) is 25.5 Å². The van der Waals surface area contributed by atoms with Crippen LogP contribution in [-0.2, 0) is 9.53 Å². The molecule has 0 aromatic carbocycles. The van der Waals surface area contributed by atoms with E-state index in [1.807, 2.05) is 6.08 Å². The van der Waals surface area contributed by atoms with E-state index in [1.54, 1.807) is 17.2 Å². The van der Waals surface area contributed by atoms with E-state index in [0.29, 0.717) is 5.92 Å². The number of ether oxygens (including phenoxy) is 1. The first-order chi connectivity index (χ1) is 7.36. The second-order valence-corrected chi connectivity index (χ2v) is 4.13. The minimum Gasteiger partial charge on any atom is -0.475 e. The number of nitrogens with zero attached hydrogens (tertiary/aromatic N) is 1. The molecule has 2 aliphatic heterocycles. The molecule has 0 saturated carbocycles. The molecule has 15 heavy (non-hydrogen) atoms. The summed E-state index contributed by atoms with van der Waals surface area (Å²) in [6.45, 7) is 0. The summed E-state index contributed by atoms with van der Waals surface area (Å²) in [5.74, 6) is 0.388. The van der Waals surface area contributed by atoms with Gasteiger partial charge in [-0.25, -0.2) is 0 Å². The Kier molecular flexibility index (Phi) is 1.91. The average molecular weight is 203 g/mol. The first kappa shape index (κ1) is 8.77. The van der Waals surface area contributed by atoms with Gasteiger partial charge < -0.3 is 4.74 Å². The molecular formula is C12H13NO2. The molecule has 3 rings (SSSR count). The molecule has 2 atom stereocenters. The van der Waals surface area contributed by atoms with Gasteiger partial charge >= 0.3 is 0 Å². The van der Waals surface area contributed by atoms with Gasteiger partial charge in [-0.05, 0) is 25.3 Å². The summed E-state index contributed by atoms with van der Waals surface area (Å²) >= 11 is 0. The molecule has 1 amide bonds. The SMILES string of the molecule is O=C1C=CC2=CO[C@H](C3C=CCCC3)N12. The fourth-order valence-electron chi connectivity index (χ4n) is 2.38. The molecule has 0 aromatic rings. The Bertz CT molecular complexity index is 381. The number of rotatable bonds is 1. The first-order valence-corrected chi connectivity index (χ1v) is 5.40. The van der Waals surface area contributed by atoms with Crippen molar-refractivity contribution in [1.82, 2.24) is 4.90 Å². The quantitative estimate of drug-likeness (QED) is 0.609. The van der Waals surface area contributed by atoms with Gasteiger partial charge in [0.15, 0.2) is 6.23 Å². The molecule has 1 aliphatic carbocycles. The summed E-state index contributed by atoms with van der Waals surface area (Å²) < 4.78 is 5.57. The summed E-state index contributed by atoms with van der Waals surface area (Å²) in [5, 5.41) is 0. The van der Waals surface area contributed by atoms with Crippen molar-refractivity contribution in [3.8, 4) is 0 Å². The maximum absolute atomic E-state index is 11.6. The van der Waals surface area contributed by atoms with Crippen LogP contribution in [0.25, 0.3) is 0 Å². The lowest BCUT2D eigenvalue weighted by Crippen LogP contribution is -2.38. The molecule has 1 unspecified atom stereocenters. The van der Waals surface area contributed by atoms with Gasteiger partial charge in [0.05, 0.1) is 5.70 Å². The molecule has 0 saturated heterocycles. The minimum atomic E-state index is -0.112. The third-order valence-corrected chi connectivity index (χ3v) is 3.15. The first-order valence-electron chi connectivity index (χ1n) is 5.40. The lowest BCUT2D eigenvalue weighted by atomic mass is 9.94. The zero-order valence-electron chi connectivity index (χ0n) is 8.43. The fourth-order valence-corrected chi connectivity index (χ4v) is 2.38. The van der Waals surface area contributed by atoms with Crippen LogP contribution in [-0.4, -0.2) is 17.0 Å². The van der Waals surface area contributed by atoms with Crippen LogP contribution < -0.4 is 0 Å². The second kappa shape index (κ2) is 3.26.